The van der Waals surface area contributed by atoms with Crippen molar-refractivity contribution in [3.8, 4) is 0 Å². The van der Waals surface area contributed by atoms with Gasteiger partial charge in [-0.1, -0.05) is 0 Å². The monoisotopic (exact) mass is 256 g/mol. The molecule has 0 saturated carbocycles. The molecule has 1 rings (SSSR count). The van der Waals surface area contributed by atoms with Crippen LogP contribution in [0.25, 0.3) is 0 Å². The minimum Gasteiger partial charge on any atom is -0.385 e. The Morgan fingerprint density at radius 3 is 2.94 bits per heavy atom. The predicted molar refractivity (Wildman–Crippen MR) is 70.4 cm³/mol. The number of rotatable bonds is 6. The topological polar surface area (TPSA) is 41.6 Å². The summed E-state index contributed by atoms with van der Waals surface area (Å²) in [6, 6.07) is 2.04. The van der Waals surface area contributed by atoms with Gasteiger partial charge in [-0.15, -0.1) is 11.3 Å². The molecule has 0 bridgehead atoms. The number of methoxy groups -OCH3 is 1. The number of carbonyl (C=O) groups is 1. The lowest BCUT2D eigenvalue weighted by Gasteiger charge is -2.17. The Labute approximate surface area is 107 Å². The first-order valence-electron chi connectivity index (χ1n) is 5.66. The smallest absolute Gasteiger partial charge is 0.317 e. The molecule has 1 aromatic heterocycles. The molecule has 0 radical (unpaired) electrons. The van der Waals surface area contributed by atoms with Crippen molar-refractivity contribution in [2.45, 2.75) is 19.9 Å². The lowest BCUT2D eigenvalue weighted by molar-refractivity contribution is 0.188. The van der Waals surface area contributed by atoms with Gasteiger partial charge in [0.05, 0.1) is 6.54 Å². The zero-order valence-electron chi connectivity index (χ0n) is 10.7. The summed E-state index contributed by atoms with van der Waals surface area (Å²) < 4.78 is 4.92. The molecule has 1 N–H and O–H groups in total. The number of urea groups is 1. The summed E-state index contributed by atoms with van der Waals surface area (Å²) >= 11 is 1.69. The van der Waals surface area contributed by atoms with Gasteiger partial charge < -0.3 is 15.0 Å². The predicted octanol–water partition coefficient (Wildman–Crippen LogP) is 2.23. The van der Waals surface area contributed by atoms with Crippen LogP contribution in [0.15, 0.2) is 11.4 Å². The molecular formula is C12H20N2O2S. The van der Waals surface area contributed by atoms with Crippen molar-refractivity contribution in [3.63, 3.8) is 0 Å². The van der Waals surface area contributed by atoms with E-state index in [0.29, 0.717) is 19.7 Å². The second kappa shape index (κ2) is 7.29. The van der Waals surface area contributed by atoms with Crippen molar-refractivity contribution in [3.05, 3.63) is 21.9 Å². The number of ether oxygens (including phenoxy) is 1. The number of carbonyl (C=O) groups excluding carboxylic acids is 1. The Kier molecular flexibility index (Phi) is 6.00. The molecule has 1 aromatic rings. The van der Waals surface area contributed by atoms with E-state index < -0.39 is 0 Å². The average Bonchev–Trinajstić information content (AvgIpc) is 2.70. The number of nitrogens with zero attached hydrogens (tertiary/aromatic N) is 1. The number of hydrogen-bond acceptors (Lipinski definition) is 3. The molecule has 2 amide bonds. The maximum absolute atomic E-state index is 11.7. The van der Waals surface area contributed by atoms with E-state index in [-0.39, 0.29) is 6.03 Å². The summed E-state index contributed by atoms with van der Waals surface area (Å²) in [4.78, 5) is 14.7. The van der Waals surface area contributed by atoms with E-state index in [1.54, 1.807) is 23.3 Å². The molecule has 4 nitrogen and oxygen atoms in total. The number of nitrogens with one attached hydrogen (secondary N) is 1. The van der Waals surface area contributed by atoms with Crippen molar-refractivity contribution in [1.82, 2.24) is 10.2 Å². The fourth-order valence-electron chi connectivity index (χ4n) is 1.40. The Bertz CT molecular complexity index is 352. The van der Waals surface area contributed by atoms with Crippen molar-refractivity contribution in [2.75, 3.05) is 27.3 Å². The van der Waals surface area contributed by atoms with Gasteiger partial charge in [-0.05, 0) is 30.4 Å². The van der Waals surface area contributed by atoms with Gasteiger partial charge in [0, 0.05) is 32.2 Å². The first-order valence-corrected chi connectivity index (χ1v) is 6.54. The van der Waals surface area contributed by atoms with Crippen LogP contribution in [0.2, 0.25) is 0 Å². The Balaban J connectivity index is 2.30. The van der Waals surface area contributed by atoms with Gasteiger partial charge in [-0.2, -0.15) is 0 Å². The molecule has 0 saturated heterocycles. The fraction of sp³-hybridized carbons (Fsp3) is 0.583. The lowest BCUT2D eigenvalue weighted by Crippen LogP contribution is -2.37. The van der Waals surface area contributed by atoms with E-state index in [2.05, 4.69) is 23.7 Å². The standard InChI is InChI=1S/C12H20N2O2S/c1-10-5-8-17-11(10)9-14(2)12(15)13-6-4-7-16-3/h5,8H,4,6-7,9H2,1-3H3,(H,13,15). The summed E-state index contributed by atoms with van der Waals surface area (Å²) in [5.74, 6) is 0. The molecule has 1 heterocycles. The molecule has 0 atom stereocenters. The summed E-state index contributed by atoms with van der Waals surface area (Å²) in [7, 11) is 3.47. The van der Waals surface area contributed by atoms with Crippen LogP contribution >= 0.6 is 11.3 Å². The molecule has 0 aromatic carbocycles. The van der Waals surface area contributed by atoms with Crippen molar-refractivity contribution in [1.29, 1.82) is 0 Å². The number of thiophene rings is 1. The maximum atomic E-state index is 11.7. The van der Waals surface area contributed by atoms with Gasteiger partial charge in [0.25, 0.3) is 0 Å². The maximum Gasteiger partial charge on any atom is 0.317 e. The molecule has 0 spiro atoms. The van der Waals surface area contributed by atoms with Gasteiger partial charge in [0.2, 0.25) is 0 Å². The average molecular weight is 256 g/mol. The van der Waals surface area contributed by atoms with Gasteiger partial charge in [-0.3, -0.25) is 0 Å². The molecule has 0 aliphatic heterocycles. The Morgan fingerprint density at radius 2 is 2.35 bits per heavy atom. The van der Waals surface area contributed by atoms with Crippen molar-refractivity contribution in [2.24, 2.45) is 0 Å². The van der Waals surface area contributed by atoms with Gasteiger partial charge in [0.15, 0.2) is 0 Å². The highest BCUT2D eigenvalue weighted by Crippen LogP contribution is 2.17. The summed E-state index contributed by atoms with van der Waals surface area (Å²) in [6.07, 6.45) is 0.841. The summed E-state index contributed by atoms with van der Waals surface area (Å²) in [6.45, 7) is 4.06. The highest BCUT2D eigenvalue weighted by atomic mass is 32.1. The van der Waals surface area contributed by atoms with Crippen LogP contribution in [0.4, 0.5) is 4.79 Å². The second-order valence-corrected chi connectivity index (χ2v) is 4.96. The molecule has 0 aliphatic rings. The first-order chi connectivity index (χ1) is 8.15. The molecular weight excluding hydrogens is 236 g/mol. The van der Waals surface area contributed by atoms with E-state index in [0.717, 1.165) is 6.42 Å². The van der Waals surface area contributed by atoms with Crippen LogP contribution in [0.3, 0.4) is 0 Å². The van der Waals surface area contributed by atoms with Crippen LogP contribution < -0.4 is 5.32 Å². The largest absolute Gasteiger partial charge is 0.385 e. The minimum absolute atomic E-state index is 0.0334. The number of aryl methyl sites for hydroxylation is 1. The van der Waals surface area contributed by atoms with Gasteiger partial charge >= 0.3 is 6.03 Å². The highest BCUT2D eigenvalue weighted by molar-refractivity contribution is 7.10. The third-order valence-corrected chi connectivity index (χ3v) is 3.50. The normalized spacial score (nSPS) is 10.3. The molecule has 5 heteroatoms. The number of hydrogen-bond donors (Lipinski definition) is 1. The minimum atomic E-state index is -0.0334. The third kappa shape index (κ3) is 4.75. The van der Waals surface area contributed by atoms with E-state index >= 15 is 0 Å². The van der Waals surface area contributed by atoms with E-state index in [4.69, 9.17) is 4.74 Å². The van der Waals surface area contributed by atoms with Crippen molar-refractivity contribution >= 4 is 17.4 Å². The zero-order valence-corrected chi connectivity index (χ0v) is 11.5. The third-order valence-electron chi connectivity index (χ3n) is 2.50. The fourth-order valence-corrected chi connectivity index (χ4v) is 2.36. The molecule has 0 fully saturated rings. The highest BCUT2D eigenvalue weighted by Gasteiger charge is 2.10. The van der Waals surface area contributed by atoms with Crippen LogP contribution in [0.1, 0.15) is 16.9 Å². The van der Waals surface area contributed by atoms with Gasteiger partial charge in [-0.25, -0.2) is 4.79 Å². The van der Waals surface area contributed by atoms with Crippen LogP contribution in [0, 0.1) is 6.92 Å². The molecule has 17 heavy (non-hydrogen) atoms. The van der Waals surface area contributed by atoms with Crippen LogP contribution in [0.5, 0.6) is 0 Å². The molecule has 0 aliphatic carbocycles. The zero-order chi connectivity index (χ0) is 12.7. The van der Waals surface area contributed by atoms with Crippen LogP contribution in [-0.4, -0.2) is 38.2 Å². The van der Waals surface area contributed by atoms with E-state index in [1.165, 1.54) is 10.4 Å². The Hall–Kier alpha value is -1.07. The summed E-state index contributed by atoms with van der Waals surface area (Å²) in [5, 5.41) is 4.91. The molecule has 96 valence electrons. The first kappa shape index (κ1) is 14.0. The van der Waals surface area contributed by atoms with Crippen molar-refractivity contribution < 1.29 is 9.53 Å². The van der Waals surface area contributed by atoms with Gasteiger partial charge in [0.1, 0.15) is 0 Å². The Morgan fingerprint density at radius 1 is 1.59 bits per heavy atom. The lowest BCUT2D eigenvalue weighted by atomic mass is 10.3. The SMILES string of the molecule is COCCCNC(=O)N(C)Cc1sccc1C. The second-order valence-electron chi connectivity index (χ2n) is 3.96. The van der Waals surface area contributed by atoms with Crippen LogP contribution in [-0.2, 0) is 11.3 Å². The number of amides is 2. The summed E-state index contributed by atoms with van der Waals surface area (Å²) in [5.41, 5.74) is 1.24. The van der Waals surface area contributed by atoms with E-state index in [1.807, 2.05) is 7.05 Å². The molecule has 0 unspecified atom stereocenters. The quantitative estimate of drug-likeness (QED) is 0.793. The van der Waals surface area contributed by atoms with E-state index in [9.17, 15) is 4.79 Å².